The van der Waals surface area contributed by atoms with Crippen molar-refractivity contribution in [3.05, 3.63) is 101 Å². The summed E-state index contributed by atoms with van der Waals surface area (Å²) in [6.45, 7) is 0. The molecule has 0 unspecified atom stereocenters. The molecule has 0 fully saturated rings. The van der Waals surface area contributed by atoms with E-state index in [-0.39, 0.29) is 5.69 Å². The molecule has 1 heterocycles. The van der Waals surface area contributed by atoms with Crippen LogP contribution >= 0.6 is 0 Å². The van der Waals surface area contributed by atoms with Crippen molar-refractivity contribution in [2.45, 2.75) is 0 Å². The molecule has 0 saturated carbocycles. The van der Waals surface area contributed by atoms with Gasteiger partial charge in [-0.05, 0) is 63.4 Å². The number of hydrogen-bond acceptors (Lipinski definition) is 1. The van der Waals surface area contributed by atoms with Crippen LogP contribution in [-0.4, -0.2) is 4.57 Å². The zero-order chi connectivity index (χ0) is 21.1. The molecule has 0 N–H and O–H groups in total. The molecule has 0 radical (unpaired) electrons. The van der Waals surface area contributed by atoms with Gasteiger partial charge in [-0.25, -0.2) is 0 Å². The average Bonchev–Trinajstić information content (AvgIpc) is 2.83. The van der Waals surface area contributed by atoms with Gasteiger partial charge in [0, 0.05) is 5.39 Å². The number of rotatable bonds is 2. The average molecular weight is 401 g/mol. The molecular formula is C28H21N2O+. The molecule has 6 rings (SSSR count). The minimum atomic E-state index is -0.0163. The van der Waals surface area contributed by atoms with E-state index in [0.717, 1.165) is 16.4 Å². The molecule has 31 heavy (non-hydrogen) atoms. The lowest BCUT2D eigenvalue weighted by molar-refractivity contribution is -0.664. The Morgan fingerprint density at radius 2 is 1.23 bits per heavy atom. The number of nitrogens with zero attached hydrogens (tertiary/aromatic N) is 2. The SMILES string of the molecule is Cn1c(=O)[n+](C)c2ccc3c(-c4ccccc4)cc(-c4ccccc4)c4ccc1c2c43. The van der Waals surface area contributed by atoms with E-state index in [1.54, 1.807) is 9.13 Å². The van der Waals surface area contributed by atoms with Crippen molar-refractivity contribution < 1.29 is 4.57 Å². The fraction of sp³-hybridized carbons (Fsp3) is 0.0714. The monoisotopic (exact) mass is 401 g/mol. The van der Waals surface area contributed by atoms with E-state index >= 15 is 0 Å². The van der Waals surface area contributed by atoms with Crippen molar-refractivity contribution in [2.75, 3.05) is 0 Å². The van der Waals surface area contributed by atoms with Crippen molar-refractivity contribution in [3.8, 4) is 22.3 Å². The van der Waals surface area contributed by atoms with Crippen LogP contribution in [0.3, 0.4) is 0 Å². The van der Waals surface area contributed by atoms with Gasteiger partial charge in [-0.1, -0.05) is 60.7 Å². The summed E-state index contributed by atoms with van der Waals surface area (Å²) >= 11 is 0. The zero-order valence-corrected chi connectivity index (χ0v) is 17.5. The van der Waals surface area contributed by atoms with Crippen LogP contribution in [0.2, 0.25) is 0 Å². The van der Waals surface area contributed by atoms with Gasteiger partial charge in [0.1, 0.15) is 11.0 Å². The van der Waals surface area contributed by atoms with Gasteiger partial charge in [0.2, 0.25) is 0 Å². The van der Waals surface area contributed by atoms with E-state index in [1.807, 2.05) is 26.2 Å². The van der Waals surface area contributed by atoms with Crippen LogP contribution in [0, 0.1) is 0 Å². The summed E-state index contributed by atoms with van der Waals surface area (Å²) in [6, 6.07) is 31.9. The first kappa shape index (κ1) is 17.8. The topological polar surface area (TPSA) is 25.9 Å². The summed E-state index contributed by atoms with van der Waals surface area (Å²) in [5.74, 6) is 0. The predicted molar refractivity (Wildman–Crippen MR) is 127 cm³/mol. The van der Waals surface area contributed by atoms with Gasteiger partial charge in [-0.2, -0.15) is 13.9 Å². The second kappa shape index (κ2) is 6.51. The third-order valence-electron chi connectivity index (χ3n) is 6.45. The van der Waals surface area contributed by atoms with Crippen molar-refractivity contribution >= 4 is 32.6 Å². The summed E-state index contributed by atoms with van der Waals surface area (Å²) in [5, 5.41) is 4.76. The number of aromatic nitrogens is 2. The maximum atomic E-state index is 12.8. The fourth-order valence-corrected chi connectivity index (χ4v) is 4.91. The molecule has 0 saturated heterocycles. The van der Waals surface area contributed by atoms with E-state index in [2.05, 4.69) is 78.9 Å². The molecule has 0 aliphatic rings. The lowest BCUT2D eigenvalue weighted by Crippen LogP contribution is -2.51. The van der Waals surface area contributed by atoms with Crippen LogP contribution in [0.1, 0.15) is 0 Å². The van der Waals surface area contributed by atoms with Crippen molar-refractivity contribution in [1.29, 1.82) is 0 Å². The molecule has 5 aromatic carbocycles. The van der Waals surface area contributed by atoms with E-state index < -0.39 is 0 Å². The minimum absolute atomic E-state index is 0.0163. The van der Waals surface area contributed by atoms with E-state index in [0.29, 0.717) is 0 Å². The smallest absolute Gasteiger partial charge is 0.197 e. The Kier molecular flexibility index (Phi) is 3.75. The Bertz CT molecular complexity index is 1530. The second-order valence-corrected chi connectivity index (χ2v) is 8.12. The van der Waals surface area contributed by atoms with E-state index in [1.165, 1.54) is 38.4 Å². The standard InChI is InChI=1S/C28H21N2O/c1-29-24-15-13-20-22(18-9-5-3-6-10-18)17-23(19-11-7-4-8-12-19)21-14-16-25(27(24)26(20)21)30(2)28(29)31/h3-17H,1-2H3/q+1. The predicted octanol–water partition coefficient (Wildman–Crippen LogP) is 5.44. The molecule has 3 heteroatoms. The maximum Gasteiger partial charge on any atom is 0.498 e. The Balaban J connectivity index is 1.90. The molecule has 3 nitrogen and oxygen atoms in total. The highest BCUT2D eigenvalue weighted by Crippen LogP contribution is 2.42. The largest absolute Gasteiger partial charge is 0.498 e. The van der Waals surface area contributed by atoms with Crippen LogP contribution in [0.15, 0.2) is 95.8 Å². The molecule has 0 atom stereocenters. The van der Waals surface area contributed by atoms with Gasteiger partial charge < -0.3 is 0 Å². The number of aryl methyl sites for hydroxylation is 2. The van der Waals surface area contributed by atoms with Crippen LogP contribution in [0.4, 0.5) is 0 Å². The Labute approximate surface area is 179 Å². The summed E-state index contributed by atoms with van der Waals surface area (Å²) in [6.07, 6.45) is 0. The third kappa shape index (κ3) is 2.47. The van der Waals surface area contributed by atoms with Gasteiger partial charge in [0.05, 0.1) is 19.5 Å². The van der Waals surface area contributed by atoms with Crippen LogP contribution in [-0.2, 0) is 14.1 Å². The Morgan fingerprint density at radius 3 is 1.81 bits per heavy atom. The fourth-order valence-electron chi connectivity index (χ4n) is 4.91. The first-order valence-electron chi connectivity index (χ1n) is 10.5. The van der Waals surface area contributed by atoms with Crippen LogP contribution in [0.25, 0.3) is 54.8 Å². The Morgan fingerprint density at radius 1 is 0.677 bits per heavy atom. The van der Waals surface area contributed by atoms with Crippen LogP contribution in [0.5, 0.6) is 0 Å². The number of hydrogen-bond donors (Lipinski definition) is 0. The molecule has 0 amide bonds. The highest BCUT2D eigenvalue weighted by Gasteiger charge is 2.22. The van der Waals surface area contributed by atoms with Gasteiger partial charge in [-0.15, -0.1) is 0 Å². The summed E-state index contributed by atoms with van der Waals surface area (Å²) in [5.41, 5.74) is 6.70. The molecule has 1 aromatic heterocycles. The van der Waals surface area contributed by atoms with Crippen molar-refractivity contribution in [2.24, 2.45) is 14.1 Å². The molecule has 0 bridgehead atoms. The summed E-state index contributed by atoms with van der Waals surface area (Å²) < 4.78 is 3.50. The first-order valence-corrected chi connectivity index (χ1v) is 10.5. The molecule has 0 aliphatic heterocycles. The molecule has 0 spiro atoms. The summed E-state index contributed by atoms with van der Waals surface area (Å²) in [4.78, 5) is 12.8. The van der Waals surface area contributed by atoms with E-state index in [4.69, 9.17) is 0 Å². The normalized spacial score (nSPS) is 11.7. The molecule has 0 aliphatic carbocycles. The molecule has 148 valence electrons. The highest BCUT2D eigenvalue weighted by atomic mass is 16.1. The van der Waals surface area contributed by atoms with Crippen molar-refractivity contribution in [1.82, 2.24) is 4.57 Å². The number of benzene rings is 5. The van der Waals surface area contributed by atoms with Crippen LogP contribution < -0.4 is 10.3 Å². The Hall–Kier alpha value is -3.98. The van der Waals surface area contributed by atoms with Gasteiger partial charge in [0.15, 0.2) is 0 Å². The lowest BCUT2D eigenvalue weighted by Gasteiger charge is -2.17. The van der Waals surface area contributed by atoms with Gasteiger partial charge in [0.25, 0.3) is 0 Å². The van der Waals surface area contributed by atoms with Crippen molar-refractivity contribution in [3.63, 3.8) is 0 Å². The van der Waals surface area contributed by atoms with Gasteiger partial charge in [-0.3, -0.25) is 0 Å². The molecular weight excluding hydrogens is 380 g/mol. The van der Waals surface area contributed by atoms with E-state index in [9.17, 15) is 4.79 Å². The zero-order valence-electron chi connectivity index (χ0n) is 17.5. The second-order valence-electron chi connectivity index (χ2n) is 8.12. The maximum absolute atomic E-state index is 12.8. The highest BCUT2D eigenvalue weighted by molar-refractivity contribution is 6.26. The first-order chi connectivity index (χ1) is 15.1. The summed E-state index contributed by atoms with van der Waals surface area (Å²) in [7, 11) is 3.70. The van der Waals surface area contributed by atoms with Gasteiger partial charge >= 0.3 is 5.69 Å². The molecule has 6 aromatic rings. The lowest BCUT2D eigenvalue weighted by atomic mass is 9.87. The quantitative estimate of drug-likeness (QED) is 0.280. The third-order valence-corrected chi connectivity index (χ3v) is 6.45. The minimum Gasteiger partial charge on any atom is -0.197 e.